The van der Waals surface area contributed by atoms with Crippen LogP contribution in [0.4, 0.5) is 0 Å². The van der Waals surface area contributed by atoms with Gasteiger partial charge in [0.1, 0.15) is 18.1 Å². The van der Waals surface area contributed by atoms with Crippen molar-refractivity contribution in [2.75, 3.05) is 6.61 Å². The Morgan fingerprint density at radius 2 is 2.13 bits per heavy atom. The Balaban J connectivity index is 2.06. The van der Waals surface area contributed by atoms with E-state index in [0.29, 0.717) is 28.3 Å². The van der Waals surface area contributed by atoms with Crippen molar-refractivity contribution in [2.24, 2.45) is 5.10 Å². The molecule has 0 aliphatic carbocycles. The third-order valence-electron chi connectivity index (χ3n) is 3.04. The highest BCUT2D eigenvalue weighted by Crippen LogP contribution is 2.14. The van der Waals surface area contributed by atoms with Gasteiger partial charge in [-0.25, -0.2) is 5.43 Å². The fourth-order valence-corrected chi connectivity index (χ4v) is 1.83. The Morgan fingerprint density at radius 1 is 1.35 bits per heavy atom. The normalized spacial score (nSPS) is 11.1. The zero-order valence-corrected chi connectivity index (χ0v) is 12.7. The van der Waals surface area contributed by atoms with Crippen molar-refractivity contribution in [1.29, 1.82) is 0 Å². The van der Waals surface area contributed by atoms with E-state index in [2.05, 4.69) is 10.5 Å². The summed E-state index contributed by atoms with van der Waals surface area (Å²) in [5, 5.41) is 14.4. The summed E-state index contributed by atoms with van der Waals surface area (Å²) in [6, 6.07) is 8.26. The average molecular weight is 315 g/mol. The molecule has 1 N–H and O–H groups in total. The van der Waals surface area contributed by atoms with E-state index in [1.165, 1.54) is 6.26 Å². The summed E-state index contributed by atoms with van der Waals surface area (Å²) in [4.78, 5) is 22.3. The molecule has 7 heteroatoms. The van der Waals surface area contributed by atoms with E-state index in [0.717, 1.165) is 0 Å². The number of benzene rings is 1. The maximum atomic E-state index is 11.9. The smallest absolute Gasteiger partial charge is 0.274 e. The van der Waals surface area contributed by atoms with Crippen molar-refractivity contribution in [2.45, 2.75) is 13.8 Å². The van der Waals surface area contributed by atoms with Crippen LogP contribution in [0, 0.1) is 6.92 Å². The fourth-order valence-electron chi connectivity index (χ4n) is 1.83. The lowest BCUT2D eigenvalue weighted by atomic mass is 10.1. The minimum atomic E-state index is -1.30. The quantitative estimate of drug-likeness (QED) is 0.629. The van der Waals surface area contributed by atoms with Crippen LogP contribution in [-0.2, 0) is 4.79 Å². The van der Waals surface area contributed by atoms with Crippen molar-refractivity contribution in [3.05, 3.63) is 53.5 Å². The molecule has 0 atom stereocenters. The van der Waals surface area contributed by atoms with Crippen LogP contribution in [0.3, 0.4) is 0 Å². The first-order valence-electron chi connectivity index (χ1n) is 6.79. The topological polar surface area (TPSA) is 104 Å². The summed E-state index contributed by atoms with van der Waals surface area (Å²) in [6.45, 7) is 2.86. The second-order valence-electron chi connectivity index (χ2n) is 4.72. The number of furan rings is 1. The molecule has 1 aromatic heterocycles. The number of ether oxygens (including phenoxy) is 1. The third-order valence-corrected chi connectivity index (χ3v) is 3.04. The standard InChI is InChI=1S/C16H16N2O5/c1-10(17-18-16(21)14-6-7-22-11(14)2)12-4-3-5-13(8-12)23-9-15(19)20/h3-8H,9H2,1-2H3,(H,18,21)(H,19,20)/p-1/b17-10-. The van der Waals surface area contributed by atoms with Crippen molar-refractivity contribution in [3.8, 4) is 5.75 Å². The van der Waals surface area contributed by atoms with E-state index in [1.54, 1.807) is 44.2 Å². The van der Waals surface area contributed by atoms with E-state index < -0.39 is 12.6 Å². The number of nitrogens with zero attached hydrogens (tertiary/aromatic N) is 1. The minimum absolute atomic E-state index is 0.373. The monoisotopic (exact) mass is 315 g/mol. The first kappa shape index (κ1) is 16.3. The molecule has 0 bridgehead atoms. The number of aliphatic carboxylic acids is 1. The number of hydrogen-bond donors (Lipinski definition) is 1. The number of carbonyl (C=O) groups is 2. The fraction of sp³-hybridized carbons (Fsp3) is 0.188. The van der Waals surface area contributed by atoms with E-state index in [1.807, 2.05) is 0 Å². The molecule has 1 heterocycles. The predicted octanol–water partition coefficient (Wildman–Crippen LogP) is 0.871. The van der Waals surface area contributed by atoms with Gasteiger partial charge in [-0.1, -0.05) is 12.1 Å². The van der Waals surface area contributed by atoms with Gasteiger partial charge < -0.3 is 19.1 Å². The Labute approximate surface area is 132 Å². The largest absolute Gasteiger partial charge is 0.546 e. The minimum Gasteiger partial charge on any atom is -0.546 e. The Morgan fingerprint density at radius 3 is 2.78 bits per heavy atom. The summed E-state index contributed by atoms with van der Waals surface area (Å²) in [7, 11) is 0. The first-order chi connectivity index (χ1) is 11.0. The van der Waals surface area contributed by atoms with Gasteiger partial charge in [0.2, 0.25) is 0 Å². The van der Waals surface area contributed by atoms with Gasteiger partial charge in [0.25, 0.3) is 5.91 Å². The summed E-state index contributed by atoms with van der Waals surface area (Å²) in [5.41, 5.74) is 4.07. The second kappa shape index (κ2) is 7.26. The molecule has 0 radical (unpaired) electrons. The highest BCUT2D eigenvalue weighted by molar-refractivity contribution is 6.01. The van der Waals surface area contributed by atoms with Crippen LogP contribution in [0.1, 0.15) is 28.6 Å². The third kappa shape index (κ3) is 4.44. The van der Waals surface area contributed by atoms with Gasteiger partial charge in [0.05, 0.1) is 23.5 Å². The van der Waals surface area contributed by atoms with Crippen LogP contribution >= 0.6 is 0 Å². The lowest BCUT2D eigenvalue weighted by Gasteiger charge is -2.08. The van der Waals surface area contributed by atoms with Crippen LogP contribution in [-0.4, -0.2) is 24.2 Å². The van der Waals surface area contributed by atoms with Crippen LogP contribution in [0.25, 0.3) is 0 Å². The summed E-state index contributed by atoms with van der Waals surface area (Å²) in [6.07, 6.45) is 1.43. The van der Waals surface area contributed by atoms with E-state index in [9.17, 15) is 14.7 Å². The van der Waals surface area contributed by atoms with Crippen molar-refractivity contribution in [3.63, 3.8) is 0 Å². The van der Waals surface area contributed by atoms with Crippen LogP contribution in [0.2, 0.25) is 0 Å². The number of carbonyl (C=O) groups excluding carboxylic acids is 2. The molecule has 120 valence electrons. The van der Waals surface area contributed by atoms with Gasteiger partial charge in [-0.15, -0.1) is 0 Å². The molecule has 0 fully saturated rings. The average Bonchev–Trinajstić information content (AvgIpc) is 2.96. The van der Waals surface area contributed by atoms with Crippen LogP contribution < -0.4 is 15.3 Å². The molecule has 0 aliphatic rings. The zero-order chi connectivity index (χ0) is 16.8. The summed E-state index contributed by atoms with van der Waals surface area (Å²) < 4.78 is 10.1. The summed E-state index contributed by atoms with van der Waals surface area (Å²) >= 11 is 0. The molecular formula is C16H15N2O5-. The van der Waals surface area contributed by atoms with Crippen molar-refractivity contribution in [1.82, 2.24) is 5.43 Å². The molecule has 0 unspecified atom stereocenters. The van der Waals surface area contributed by atoms with Gasteiger partial charge in [-0.05, 0) is 32.0 Å². The highest BCUT2D eigenvalue weighted by Gasteiger charge is 2.10. The van der Waals surface area contributed by atoms with Gasteiger partial charge >= 0.3 is 0 Å². The zero-order valence-electron chi connectivity index (χ0n) is 12.7. The molecule has 0 spiro atoms. The molecule has 0 saturated carbocycles. The van der Waals surface area contributed by atoms with E-state index >= 15 is 0 Å². The Hall–Kier alpha value is -3.09. The molecular weight excluding hydrogens is 300 g/mol. The molecule has 1 amide bonds. The van der Waals surface area contributed by atoms with Crippen LogP contribution in [0.15, 0.2) is 46.1 Å². The molecule has 2 aromatic rings. The van der Waals surface area contributed by atoms with Crippen molar-refractivity contribution < 1.29 is 23.8 Å². The second-order valence-corrected chi connectivity index (χ2v) is 4.72. The van der Waals surface area contributed by atoms with Crippen molar-refractivity contribution >= 4 is 17.6 Å². The number of nitrogens with one attached hydrogen (secondary N) is 1. The maximum absolute atomic E-state index is 11.9. The molecule has 2 rings (SSSR count). The van der Waals surface area contributed by atoms with E-state index in [4.69, 9.17) is 9.15 Å². The number of hydrogen-bond acceptors (Lipinski definition) is 6. The predicted molar refractivity (Wildman–Crippen MR) is 80.1 cm³/mol. The van der Waals surface area contributed by atoms with Gasteiger partial charge in [-0.3, -0.25) is 4.79 Å². The lowest BCUT2D eigenvalue weighted by molar-refractivity contribution is -0.307. The number of hydrazone groups is 1. The molecule has 1 aromatic carbocycles. The molecule has 23 heavy (non-hydrogen) atoms. The maximum Gasteiger partial charge on any atom is 0.274 e. The number of rotatable bonds is 6. The van der Waals surface area contributed by atoms with Gasteiger partial charge in [0.15, 0.2) is 0 Å². The Kier molecular flexibility index (Phi) is 5.14. The van der Waals surface area contributed by atoms with E-state index in [-0.39, 0.29) is 5.91 Å². The Bertz CT molecular complexity index is 748. The number of amides is 1. The summed E-state index contributed by atoms with van der Waals surface area (Å²) in [5.74, 6) is -0.797. The number of aryl methyl sites for hydroxylation is 1. The van der Waals surface area contributed by atoms with Gasteiger partial charge in [0, 0.05) is 5.56 Å². The highest BCUT2D eigenvalue weighted by atomic mass is 16.5. The molecule has 7 nitrogen and oxygen atoms in total. The number of carboxylic acid groups (broad SMARTS) is 1. The van der Waals surface area contributed by atoms with Crippen LogP contribution in [0.5, 0.6) is 5.75 Å². The van der Waals surface area contributed by atoms with Gasteiger partial charge in [-0.2, -0.15) is 5.10 Å². The first-order valence-corrected chi connectivity index (χ1v) is 6.79. The molecule has 0 saturated heterocycles. The number of carboxylic acids is 1. The lowest BCUT2D eigenvalue weighted by Crippen LogP contribution is -2.28. The SMILES string of the molecule is C/C(=N/NC(=O)c1ccoc1C)c1cccc(OCC(=O)[O-])c1. The molecule has 0 aliphatic heterocycles.